The van der Waals surface area contributed by atoms with Gasteiger partial charge >= 0.3 is 0 Å². The van der Waals surface area contributed by atoms with Gasteiger partial charge in [-0.05, 0) is 25.3 Å². The SMILES string of the molecule is CNS(=O)(=O)NCCCc1cn[nH]c1C. The summed E-state index contributed by atoms with van der Waals surface area (Å²) in [5.41, 5.74) is 2.16. The summed E-state index contributed by atoms with van der Waals surface area (Å²) in [6.45, 7) is 2.37. The van der Waals surface area contributed by atoms with E-state index in [9.17, 15) is 8.42 Å². The molecule has 1 heterocycles. The number of nitrogens with zero attached hydrogens (tertiary/aromatic N) is 1. The van der Waals surface area contributed by atoms with Gasteiger partial charge in [-0.1, -0.05) is 0 Å². The molecule has 0 aromatic carbocycles. The number of hydrogen-bond acceptors (Lipinski definition) is 3. The van der Waals surface area contributed by atoms with E-state index in [0.29, 0.717) is 6.54 Å². The molecule has 0 saturated carbocycles. The predicted octanol–water partition coefficient (Wildman–Crippen LogP) is -0.295. The maximum absolute atomic E-state index is 11.0. The summed E-state index contributed by atoms with van der Waals surface area (Å²) in [5, 5.41) is 6.73. The van der Waals surface area contributed by atoms with Crippen LogP contribution < -0.4 is 9.44 Å². The first kappa shape index (κ1) is 12.2. The maximum atomic E-state index is 11.0. The van der Waals surface area contributed by atoms with E-state index in [4.69, 9.17) is 0 Å². The Balaban J connectivity index is 2.26. The molecular weight excluding hydrogens is 216 g/mol. The molecule has 0 aliphatic carbocycles. The maximum Gasteiger partial charge on any atom is 0.276 e. The Morgan fingerprint density at radius 1 is 1.53 bits per heavy atom. The van der Waals surface area contributed by atoms with Gasteiger partial charge in [-0.2, -0.15) is 13.5 Å². The fraction of sp³-hybridized carbons (Fsp3) is 0.625. The second-order valence-electron chi connectivity index (χ2n) is 3.23. The zero-order valence-corrected chi connectivity index (χ0v) is 9.69. The third-order valence-electron chi connectivity index (χ3n) is 2.12. The fourth-order valence-electron chi connectivity index (χ4n) is 1.19. The lowest BCUT2D eigenvalue weighted by Crippen LogP contribution is -2.34. The molecule has 15 heavy (non-hydrogen) atoms. The molecule has 0 saturated heterocycles. The van der Waals surface area contributed by atoms with Crippen molar-refractivity contribution in [3.8, 4) is 0 Å². The Bertz CT molecular complexity index is 399. The third kappa shape index (κ3) is 3.98. The predicted molar refractivity (Wildman–Crippen MR) is 57.6 cm³/mol. The average Bonchev–Trinajstić information content (AvgIpc) is 2.59. The Kier molecular flexibility index (Phi) is 4.25. The van der Waals surface area contributed by atoms with Crippen molar-refractivity contribution in [1.29, 1.82) is 0 Å². The van der Waals surface area contributed by atoms with Gasteiger partial charge < -0.3 is 0 Å². The largest absolute Gasteiger partial charge is 0.283 e. The van der Waals surface area contributed by atoms with Gasteiger partial charge in [0.05, 0.1) is 6.20 Å². The number of nitrogens with one attached hydrogen (secondary N) is 3. The van der Waals surface area contributed by atoms with E-state index in [1.165, 1.54) is 7.05 Å². The molecule has 0 aliphatic heterocycles. The number of hydrogen-bond donors (Lipinski definition) is 3. The topological polar surface area (TPSA) is 86.9 Å². The van der Waals surface area contributed by atoms with E-state index >= 15 is 0 Å². The highest BCUT2D eigenvalue weighted by atomic mass is 32.2. The van der Waals surface area contributed by atoms with E-state index in [1.807, 2.05) is 6.92 Å². The van der Waals surface area contributed by atoms with Crippen LogP contribution in [0.1, 0.15) is 17.7 Å². The number of aromatic amines is 1. The highest BCUT2D eigenvalue weighted by molar-refractivity contribution is 7.87. The normalized spacial score (nSPS) is 11.9. The second kappa shape index (κ2) is 5.24. The van der Waals surface area contributed by atoms with Crippen LogP contribution in [0.5, 0.6) is 0 Å². The highest BCUT2D eigenvalue weighted by Crippen LogP contribution is 2.04. The third-order valence-corrected chi connectivity index (χ3v) is 3.24. The van der Waals surface area contributed by atoms with Gasteiger partial charge in [0.1, 0.15) is 0 Å². The smallest absolute Gasteiger partial charge is 0.276 e. The van der Waals surface area contributed by atoms with Crippen molar-refractivity contribution < 1.29 is 8.42 Å². The molecule has 0 atom stereocenters. The van der Waals surface area contributed by atoms with Crippen LogP contribution in [0.2, 0.25) is 0 Å². The first-order chi connectivity index (χ1) is 7.05. The van der Waals surface area contributed by atoms with Crippen LogP contribution in [0.25, 0.3) is 0 Å². The molecular formula is C8H16N4O2S. The van der Waals surface area contributed by atoms with Crippen LogP contribution in [0.4, 0.5) is 0 Å². The number of H-pyrrole nitrogens is 1. The Labute approximate surface area is 89.6 Å². The minimum atomic E-state index is -3.29. The van der Waals surface area contributed by atoms with Crippen molar-refractivity contribution in [1.82, 2.24) is 19.6 Å². The van der Waals surface area contributed by atoms with Gasteiger partial charge in [-0.25, -0.2) is 9.44 Å². The van der Waals surface area contributed by atoms with Crippen LogP contribution in [0.15, 0.2) is 6.20 Å². The van der Waals surface area contributed by atoms with Crippen molar-refractivity contribution in [3.63, 3.8) is 0 Å². The minimum Gasteiger partial charge on any atom is -0.283 e. The molecule has 6 nitrogen and oxygen atoms in total. The van der Waals surface area contributed by atoms with E-state index in [0.717, 1.165) is 24.1 Å². The van der Waals surface area contributed by atoms with Gasteiger partial charge in [-0.15, -0.1) is 0 Å². The van der Waals surface area contributed by atoms with Crippen LogP contribution in [0.3, 0.4) is 0 Å². The lowest BCUT2D eigenvalue weighted by molar-refractivity contribution is 0.570. The molecule has 3 N–H and O–H groups in total. The summed E-state index contributed by atoms with van der Waals surface area (Å²) in [6.07, 6.45) is 3.33. The van der Waals surface area contributed by atoms with Crippen molar-refractivity contribution >= 4 is 10.2 Å². The van der Waals surface area contributed by atoms with E-state index < -0.39 is 10.2 Å². The van der Waals surface area contributed by atoms with Crippen molar-refractivity contribution in [2.75, 3.05) is 13.6 Å². The molecule has 1 aromatic heterocycles. The zero-order valence-electron chi connectivity index (χ0n) is 8.87. The molecule has 0 unspecified atom stereocenters. The van der Waals surface area contributed by atoms with Crippen LogP contribution in [0, 0.1) is 6.92 Å². The van der Waals surface area contributed by atoms with Crippen LogP contribution >= 0.6 is 0 Å². The number of aryl methyl sites for hydroxylation is 2. The summed E-state index contributed by atoms with van der Waals surface area (Å²) < 4.78 is 26.6. The molecule has 7 heteroatoms. The monoisotopic (exact) mass is 232 g/mol. The highest BCUT2D eigenvalue weighted by Gasteiger charge is 2.05. The fourth-order valence-corrected chi connectivity index (χ4v) is 1.74. The Morgan fingerprint density at radius 3 is 2.80 bits per heavy atom. The van der Waals surface area contributed by atoms with E-state index in [1.54, 1.807) is 6.20 Å². The summed E-state index contributed by atoms with van der Waals surface area (Å²) in [5.74, 6) is 0. The summed E-state index contributed by atoms with van der Waals surface area (Å²) >= 11 is 0. The molecule has 0 spiro atoms. The molecule has 0 aliphatic rings. The van der Waals surface area contributed by atoms with Crippen molar-refractivity contribution in [2.24, 2.45) is 0 Å². The summed E-state index contributed by atoms with van der Waals surface area (Å²) in [6, 6.07) is 0. The lowest BCUT2D eigenvalue weighted by atomic mass is 10.1. The Morgan fingerprint density at radius 2 is 2.27 bits per heavy atom. The van der Waals surface area contributed by atoms with Gasteiger partial charge in [0.25, 0.3) is 10.2 Å². The van der Waals surface area contributed by atoms with Gasteiger partial charge in [-0.3, -0.25) is 5.10 Å². The molecule has 1 aromatic rings. The van der Waals surface area contributed by atoms with Gasteiger partial charge in [0.2, 0.25) is 0 Å². The van der Waals surface area contributed by atoms with Crippen molar-refractivity contribution in [3.05, 3.63) is 17.5 Å². The van der Waals surface area contributed by atoms with Crippen molar-refractivity contribution in [2.45, 2.75) is 19.8 Å². The molecule has 0 fully saturated rings. The lowest BCUT2D eigenvalue weighted by Gasteiger charge is -2.04. The number of aromatic nitrogens is 2. The molecule has 0 radical (unpaired) electrons. The molecule has 86 valence electrons. The summed E-state index contributed by atoms with van der Waals surface area (Å²) in [7, 11) is -1.92. The first-order valence-electron chi connectivity index (χ1n) is 4.72. The van der Waals surface area contributed by atoms with E-state index in [-0.39, 0.29) is 0 Å². The second-order valence-corrected chi connectivity index (χ2v) is 4.93. The molecule has 0 amide bonds. The number of rotatable bonds is 6. The Hall–Kier alpha value is -0.920. The average molecular weight is 232 g/mol. The first-order valence-corrected chi connectivity index (χ1v) is 6.20. The van der Waals surface area contributed by atoms with E-state index in [2.05, 4.69) is 19.6 Å². The summed E-state index contributed by atoms with van der Waals surface area (Å²) in [4.78, 5) is 0. The molecule has 1 rings (SSSR count). The molecule has 0 bridgehead atoms. The van der Waals surface area contributed by atoms with Gasteiger partial charge in [0.15, 0.2) is 0 Å². The standard InChI is InChI=1S/C8H16N4O2S/c1-7-8(6-10-12-7)4-3-5-11-15(13,14)9-2/h6,9,11H,3-5H2,1-2H3,(H,10,12). The quantitative estimate of drug-likeness (QED) is 0.589. The minimum absolute atomic E-state index is 0.424. The van der Waals surface area contributed by atoms with Crippen LogP contribution in [-0.4, -0.2) is 32.2 Å². The van der Waals surface area contributed by atoms with Gasteiger partial charge in [0, 0.05) is 19.3 Å². The van der Waals surface area contributed by atoms with Crippen LogP contribution in [-0.2, 0) is 16.6 Å². The zero-order chi connectivity index (χ0) is 11.3.